The number of rotatable bonds is 12. The predicted molar refractivity (Wildman–Crippen MR) is 158 cm³/mol. The second-order valence-electron chi connectivity index (χ2n) is 10.2. The summed E-state index contributed by atoms with van der Waals surface area (Å²) >= 11 is 0. The lowest BCUT2D eigenvalue weighted by Crippen LogP contribution is -2.50. The van der Waals surface area contributed by atoms with Crippen LogP contribution in [0.1, 0.15) is 23.0 Å². The van der Waals surface area contributed by atoms with Crippen molar-refractivity contribution in [2.75, 3.05) is 24.7 Å². The Morgan fingerprint density at radius 2 is 1.57 bits per heavy atom. The Morgan fingerprint density at radius 3 is 2.19 bits per heavy atom. The third-order valence-electron chi connectivity index (χ3n) is 7.38. The zero-order valence-corrected chi connectivity index (χ0v) is 24.5. The fourth-order valence-electron chi connectivity index (χ4n) is 5.26. The maximum absolute atomic E-state index is 12.3. The van der Waals surface area contributed by atoms with Crippen LogP contribution in [0.4, 0.5) is 0 Å². The van der Waals surface area contributed by atoms with Gasteiger partial charge in [-0.1, -0.05) is 96.1 Å². The highest BCUT2D eigenvalue weighted by Gasteiger charge is 2.54. The zero-order chi connectivity index (χ0) is 29.4. The molecule has 12 heteroatoms. The molecule has 0 bridgehead atoms. The third kappa shape index (κ3) is 7.91. The third-order valence-corrected chi connectivity index (χ3v) is 11.4. The molecule has 0 aromatic heterocycles. The van der Waals surface area contributed by atoms with Gasteiger partial charge in [0, 0.05) is 10.5 Å². The molecule has 0 aliphatic carbocycles. The van der Waals surface area contributed by atoms with Gasteiger partial charge < -0.3 is 23.5 Å². The highest BCUT2D eigenvalue weighted by Crippen LogP contribution is 2.35. The van der Waals surface area contributed by atoms with Gasteiger partial charge in [-0.2, -0.15) is 0 Å². The highest BCUT2D eigenvalue weighted by atomic mass is 32.2. The summed E-state index contributed by atoms with van der Waals surface area (Å²) in [5.74, 6) is 0.728. The normalized spacial score (nSPS) is 27.8. The van der Waals surface area contributed by atoms with Crippen molar-refractivity contribution in [2.45, 2.75) is 48.3 Å². The maximum atomic E-state index is 12.3. The lowest BCUT2D eigenvalue weighted by atomic mass is 10.1. The van der Waals surface area contributed by atoms with E-state index < -0.39 is 50.8 Å². The van der Waals surface area contributed by atoms with E-state index in [4.69, 9.17) is 18.9 Å². The topological polar surface area (TPSA) is 143 Å². The van der Waals surface area contributed by atoms with Crippen LogP contribution in [-0.2, 0) is 53.2 Å². The molecule has 0 spiro atoms. The van der Waals surface area contributed by atoms with Crippen LogP contribution < -0.4 is 0 Å². The molecule has 3 aromatic rings. The van der Waals surface area contributed by atoms with Crippen molar-refractivity contribution >= 4 is 21.0 Å². The van der Waals surface area contributed by atoms with Gasteiger partial charge in [-0.25, -0.2) is 8.42 Å². The maximum Gasteiger partial charge on any atom is 0.184 e. The van der Waals surface area contributed by atoms with E-state index in [1.807, 2.05) is 91.0 Å². The number of nitrogens with zero attached hydrogens (tertiary/aromatic N) is 3. The minimum Gasteiger partial charge on any atom is -0.748 e. The molecule has 2 saturated heterocycles. The summed E-state index contributed by atoms with van der Waals surface area (Å²) in [7, 11) is -5.28. The van der Waals surface area contributed by atoms with Crippen molar-refractivity contribution in [2.24, 2.45) is 5.11 Å². The Hall–Kier alpha value is -2.93. The van der Waals surface area contributed by atoms with Gasteiger partial charge in [0.25, 0.3) is 0 Å². The average molecular weight is 612 g/mol. The summed E-state index contributed by atoms with van der Waals surface area (Å²) in [6, 6.07) is 28.2. The standard InChI is InChI=1S/C30H33N3O7S2/c31-33-32-25-20-41(21-26-28(42(34,35)36)19-39-30(40-26)24-14-8-3-9-15-24)27(18-37-16-22-10-4-1-5-11-22)29(25)38-17-23-12-6-2-7-13-23/h1-15,25-30H,16-21H2/t25-,26-,27-,28+,29+,30?,41?/m1/s1. The van der Waals surface area contributed by atoms with Crippen molar-refractivity contribution in [3.63, 3.8) is 0 Å². The van der Waals surface area contributed by atoms with Gasteiger partial charge in [0.2, 0.25) is 0 Å². The average Bonchev–Trinajstić information content (AvgIpc) is 3.32. The van der Waals surface area contributed by atoms with Gasteiger partial charge in [-0.15, -0.1) is 0 Å². The van der Waals surface area contributed by atoms with E-state index in [1.165, 1.54) is 0 Å². The molecule has 0 N–H and O–H groups in total. The largest absolute Gasteiger partial charge is 0.748 e. The molecule has 7 atom stereocenters. The minimum absolute atomic E-state index is 0.218. The van der Waals surface area contributed by atoms with Crippen molar-refractivity contribution in [1.82, 2.24) is 0 Å². The van der Waals surface area contributed by atoms with E-state index in [-0.39, 0.29) is 17.6 Å². The Bertz CT molecular complexity index is 1430. The first-order chi connectivity index (χ1) is 20.4. The fourth-order valence-corrected chi connectivity index (χ4v) is 9.15. The Labute approximate surface area is 248 Å². The van der Waals surface area contributed by atoms with E-state index in [9.17, 15) is 18.5 Å². The van der Waals surface area contributed by atoms with Gasteiger partial charge in [0.15, 0.2) is 11.5 Å². The molecular weight excluding hydrogens is 578 g/mol. The molecule has 0 saturated carbocycles. The molecule has 2 aliphatic rings. The summed E-state index contributed by atoms with van der Waals surface area (Å²) in [4.78, 5) is 3.08. The van der Waals surface area contributed by atoms with Crippen LogP contribution in [-0.4, -0.2) is 66.4 Å². The molecule has 42 heavy (non-hydrogen) atoms. The molecule has 222 valence electrons. The van der Waals surface area contributed by atoms with Crippen LogP contribution in [0.5, 0.6) is 0 Å². The molecule has 2 heterocycles. The molecule has 2 aliphatic heterocycles. The summed E-state index contributed by atoms with van der Waals surface area (Å²) in [6.45, 7) is 0.732. The van der Waals surface area contributed by atoms with Gasteiger partial charge in [-0.05, 0) is 27.6 Å². The zero-order valence-electron chi connectivity index (χ0n) is 22.9. The van der Waals surface area contributed by atoms with Gasteiger partial charge in [-0.3, -0.25) is 0 Å². The second kappa shape index (κ2) is 14.5. The molecule has 3 aromatic carbocycles. The number of hydrogen-bond donors (Lipinski definition) is 0. The van der Waals surface area contributed by atoms with Crippen LogP contribution in [0.3, 0.4) is 0 Å². The second-order valence-corrected chi connectivity index (χ2v) is 14.2. The SMILES string of the molecule is [N-]=[N+]=N[C@@H]1C[S+](C[C@H]2OC(c3ccccc3)OC[C@@H]2S(=O)(=O)[O-])[C@H](COCc2ccccc2)[C@H]1OCc1ccccc1. The van der Waals surface area contributed by atoms with Crippen LogP contribution in [0.2, 0.25) is 0 Å². The molecular formula is C30H33N3O7S2. The molecule has 5 rings (SSSR count). The van der Waals surface area contributed by atoms with Crippen LogP contribution >= 0.6 is 0 Å². The van der Waals surface area contributed by atoms with Crippen molar-refractivity contribution < 1.29 is 31.9 Å². The fraction of sp³-hybridized carbons (Fsp3) is 0.400. The van der Waals surface area contributed by atoms with Gasteiger partial charge in [0.1, 0.15) is 45.1 Å². The number of ether oxygens (including phenoxy) is 4. The van der Waals surface area contributed by atoms with Crippen LogP contribution in [0.15, 0.2) is 96.1 Å². The smallest absolute Gasteiger partial charge is 0.184 e. The first kappa shape index (κ1) is 30.5. The first-order valence-corrected chi connectivity index (χ1v) is 16.8. The predicted octanol–water partition coefficient (Wildman–Crippen LogP) is 4.50. The van der Waals surface area contributed by atoms with E-state index in [1.54, 1.807) is 0 Å². The quantitative estimate of drug-likeness (QED) is 0.0965. The van der Waals surface area contributed by atoms with Crippen molar-refractivity contribution in [3.05, 3.63) is 118 Å². The van der Waals surface area contributed by atoms with Crippen molar-refractivity contribution in [1.29, 1.82) is 0 Å². The Balaban J connectivity index is 1.38. The van der Waals surface area contributed by atoms with Crippen molar-refractivity contribution in [3.8, 4) is 0 Å². The monoisotopic (exact) mass is 611 g/mol. The Kier molecular flexibility index (Phi) is 10.5. The first-order valence-electron chi connectivity index (χ1n) is 13.7. The lowest BCUT2D eigenvalue weighted by Gasteiger charge is -2.37. The number of azide groups is 1. The number of hydrogen-bond acceptors (Lipinski definition) is 8. The van der Waals surface area contributed by atoms with E-state index in [0.717, 1.165) is 16.7 Å². The molecule has 2 fully saturated rings. The Morgan fingerprint density at radius 1 is 0.952 bits per heavy atom. The summed E-state index contributed by atoms with van der Waals surface area (Å²) in [6.07, 6.45) is -2.18. The minimum atomic E-state index is -4.72. The van der Waals surface area contributed by atoms with Gasteiger partial charge in [0.05, 0.1) is 26.4 Å². The molecule has 0 amide bonds. The molecule has 10 nitrogen and oxygen atoms in total. The lowest BCUT2D eigenvalue weighted by molar-refractivity contribution is -0.209. The van der Waals surface area contributed by atoms with E-state index in [0.29, 0.717) is 25.6 Å². The molecule has 0 radical (unpaired) electrons. The van der Waals surface area contributed by atoms with Gasteiger partial charge >= 0.3 is 0 Å². The summed E-state index contributed by atoms with van der Waals surface area (Å²) in [5.41, 5.74) is 12.1. The van der Waals surface area contributed by atoms with E-state index >= 15 is 0 Å². The highest BCUT2D eigenvalue weighted by molar-refractivity contribution is 7.98. The summed E-state index contributed by atoms with van der Waals surface area (Å²) < 4.78 is 61.3. The number of benzene rings is 3. The van der Waals surface area contributed by atoms with Crippen LogP contribution in [0.25, 0.3) is 10.4 Å². The van der Waals surface area contributed by atoms with Crippen LogP contribution in [0, 0.1) is 0 Å². The van der Waals surface area contributed by atoms with E-state index in [2.05, 4.69) is 10.0 Å². The molecule has 2 unspecified atom stereocenters. The summed E-state index contributed by atoms with van der Waals surface area (Å²) in [5, 5.41) is 2.49.